The maximum atomic E-state index is 10.5. The van der Waals surface area contributed by atoms with Gasteiger partial charge < -0.3 is 0 Å². The molecule has 2 aromatic rings. The van der Waals surface area contributed by atoms with Crippen LogP contribution in [-0.4, -0.2) is 21.5 Å². The first-order valence-electron chi connectivity index (χ1n) is 4.20. The van der Waals surface area contributed by atoms with Crippen molar-refractivity contribution >= 4 is 22.2 Å². The fourth-order valence-electron chi connectivity index (χ4n) is 1.13. The van der Waals surface area contributed by atoms with Crippen LogP contribution in [0.2, 0.25) is 0 Å². The molecular formula is C10H6BrN3O. The average Bonchev–Trinajstić information content (AvgIpc) is 2.30. The SMILES string of the molecule is O=Cc1nncc(-c2ccc(Br)cc2)n1. The predicted octanol–water partition coefficient (Wildman–Crippen LogP) is 2.11. The molecule has 1 heterocycles. The van der Waals surface area contributed by atoms with E-state index in [0.717, 1.165) is 10.0 Å². The maximum absolute atomic E-state index is 10.5. The Morgan fingerprint density at radius 1 is 1.20 bits per heavy atom. The molecule has 74 valence electrons. The van der Waals surface area contributed by atoms with Crippen LogP contribution < -0.4 is 0 Å². The molecule has 2 rings (SSSR count). The highest BCUT2D eigenvalue weighted by molar-refractivity contribution is 9.10. The van der Waals surface area contributed by atoms with Gasteiger partial charge in [-0.1, -0.05) is 28.1 Å². The summed E-state index contributed by atoms with van der Waals surface area (Å²) in [7, 11) is 0. The number of hydrogen-bond donors (Lipinski definition) is 0. The van der Waals surface area contributed by atoms with E-state index in [9.17, 15) is 4.79 Å². The molecule has 0 radical (unpaired) electrons. The molecule has 0 amide bonds. The van der Waals surface area contributed by atoms with Gasteiger partial charge in [0, 0.05) is 10.0 Å². The first-order valence-corrected chi connectivity index (χ1v) is 5.00. The van der Waals surface area contributed by atoms with Crippen molar-refractivity contribution in [3.8, 4) is 11.3 Å². The summed E-state index contributed by atoms with van der Waals surface area (Å²) in [6.45, 7) is 0. The van der Waals surface area contributed by atoms with Gasteiger partial charge in [-0.2, -0.15) is 5.10 Å². The van der Waals surface area contributed by atoms with Crippen LogP contribution >= 0.6 is 15.9 Å². The molecule has 0 fully saturated rings. The highest BCUT2D eigenvalue weighted by atomic mass is 79.9. The first kappa shape index (κ1) is 9.92. The fourth-order valence-corrected chi connectivity index (χ4v) is 1.39. The van der Waals surface area contributed by atoms with E-state index in [0.29, 0.717) is 12.0 Å². The molecule has 1 aromatic carbocycles. The second-order valence-corrected chi connectivity index (χ2v) is 3.74. The van der Waals surface area contributed by atoms with Crippen LogP contribution in [-0.2, 0) is 0 Å². The number of rotatable bonds is 2. The molecule has 5 heteroatoms. The molecule has 0 saturated carbocycles. The smallest absolute Gasteiger partial charge is 0.215 e. The Labute approximate surface area is 94.5 Å². The van der Waals surface area contributed by atoms with Gasteiger partial charge in [-0.3, -0.25) is 4.79 Å². The van der Waals surface area contributed by atoms with Crippen molar-refractivity contribution in [3.63, 3.8) is 0 Å². The van der Waals surface area contributed by atoms with Crippen molar-refractivity contribution in [2.75, 3.05) is 0 Å². The van der Waals surface area contributed by atoms with Crippen molar-refractivity contribution in [2.24, 2.45) is 0 Å². The van der Waals surface area contributed by atoms with E-state index in [1.165, 1.54) is 6.20 Å². The number of aldehydes is 1. The molecule has 0 saturated heterocycles. The van der Waals surface area contributed by atoms with E-state index < -0.39 is 0 Å². The Morgan fingerprint density at radius 2 is 1.93 bits per heavy atom. The second kappa shape index (κ2) is 4.27. The van der Waals surface area contributed by atoms with Crippen LogP contribution in [0.4, 0.5) is 0 Å². The number of carbonyl (C=O) groups excluding carboxylic acids is 1. The summed E-state index contributed by atoms with van der Waals surface area (Å²) >= 11 is 3.34. The van der Waals surface area contributed by atoms with Gasteiger partial charge in [-0.05, 0) is 12.1 Å². The van der Waals surface area contributed by atoms with Crippen molar-refractivity contribution < 1.29 is 4.79 Å². The van der Waals surface area contributed by atoms with E-state index in [1.54, 1.807) is 0 Å². The minimum Gasteiger partial charge on any atom is -0.294 e. The second-order valence-electron chi connectivity index (χ2n) is 2.82. The van der Waals surface area contributed by atoms with E-state index in [2.05, 4.69) is 31.1 Å². The summed E-state index contributed by atoms with van der Waals surface area (Å²) in [6.07, 6.45) is 2.10. The largest absolute Gasteiger partial charge is 0.294 e. The quantitative estimate of drug-likeness (QED) is 0.779. The van der Waals surface area contributed by atoms with Gasteiger partial charge in [0.2, 0.25) is 5.82 Å². The molecular weight excluding hydrogens is 258 g/mol. The molecule has 0 unspecified atom stereocenters. The van der Waals surface area contributed by atoms with Gasteiger partial charge >= 0.3 is 0 Å². The summed E-state index contributed by atoms with van der Waals surface area (Å²) in [4.78, 5) is 14.5. The van der Waals surface area contributed by atoms with E-state index in [1.807, 2.05) is 24.3 Å². The number of aromatic nitrogens is 3. The number of hydrogen-bond acceptors (Lipinski definition) is 4. The fraction of sp³-hybridized carbons (Fsp3) is 0. The van der Waals surface area contributed by atoms with Crippen molar-refractivity contribution in [1.82, 2.24) is 15.2 Å². The Kier molecular flexibility index (Phi) is 2.82. The maximum Gasteiger partial charge on any atom is 0.215 e. The molecule has 0 N–H and O–H groups in total. The lowest BCUT2D eigenvalue weighted by atomic mass is 10.2. The topological polar surface area (TPSA) is 55.7 Å². The number of nitrogens with zero attached hydrogens (tertiary/aromatic N) is 3. The van der Waals surface area contributed by atoms with Crippen LogP contribution in [0.1, 0.15) is 10.6 Å². The van der Waals surface area contributed by atoms with E-state index >= 15 is 0 Å². The average molecular weight is 264 g/mol. The summed E-state index contributed by atoms with van der Waals surface area (Å²) in [5.41, 5.74) is 1.54. The molecule has 0 atom stereocenters. The monoisotopic (exact) mass is 263 g/mol. The van der Waals surface area contributed by atoms with Crippen LogP contribution in [0.3, 0.4) is 0 Å². The van der Waals surface area contributed by atoms with E-state index in [4.69, 9.17) is 0 Å². The third-order valence-corrected chi connectivity index (χ3v) is 2.35. The highest BCUT2D eigenvalue weighted by Crippen LogP contribution is 2.18. The van der Waals surface area contributed by atoms with Crippen LogP contribution in [0.15, 0.2) is 34.9 Å². The van der Waals surface area contributed by atoms with Crippen molar-refractivity contribution in [1.29, 1.82) is 0 Å². The zero-order chi connectivity index (χ0) is 10.7. The number of benzene rings is 1. The molecule has 0 spiro atoms. The minimum absolute atomic E-state index is 0.0930. The van der Waals surface area contributed by atoms with Gasteiger partial charge in [0.05, 0.1) is 11.9 Å². The molecule has 15 heavy (non-hydrogen) atoms. The lowest BCUT2D eigenvalue weighted by Crippen LogP contribution is -1.96. The van der Waals surface area contributed by atoms with Crippen molar-refractivity contribution in [3.05, 3.63) is 40.8 Å². The Morgan fingerprint density at radius 3 is 2.60 bits per heavy atom. The summed E-state index contributed by atoms with van der Waals surface area (Å²) in [6, 6.07) is 7.58. The molecule has 0 bridgehead atoms. The Balaban J connectivity index is 2.44. The van der Waals surface area contributed by atoms with Gasteiger partial charge in [0.15, 0.2) is 6.29 Å². The molecule has 0 aliphatic carbocycles. The standard InChI is InChI=1S/C10H6BrN3O/c11-8-3-1-7(2-4-8)9-5-12-14-10(6-15)13-9/h1-6H. The Bertz CT molecular complexity index is 484. The Hall–Kier alpha value is -1.62. The number of halogens is 1. The zero-order valence-electron chi connectivity index (χ0n) is 7.59. The van der Waals surface area contributed by atoms with Gasteiger partial charge in [0.1, 0.15) is 0 Å². The molecule has 0 aliphatic heterocycles. The van der Waals surface area contributed by atoms with Crippen LogP contribution in [0.5, 0.6) is 0 Å². The van der Waals surface area contributed by atoms with Gasteiger partial charge in [-0.25, -0.2) is 4.98 Å². The van der Waals surface area contributed by atoms with E-state index in [-0.39, 0.29) is 5.82 Å². The van der Waals surface area contributed by atoms with Crippen LogP contribution in [0.25, 0.3) is 11.3 Å². The minimum atomic E-state index is 0.0930. The molecule has 1 aromatic heterocycles. The summed E-state index contributed by atoms with van der Waals surface area (Å²) in [5.74, 6) is 0.0930. The lowest BCUT2D eigenvalue weighted by Gasteiger charge is -1.99. The summed E-state index contributed by atoms with van der Waals surface area (Å²) < 4.78 is 0.990. The highest BCUT2D eigenvalue weighted by Gasteiger charge is 2.01. The third-order valence-electron chi connectivity index (χ3n) is 1.82. The first-order chi connectivity index (χ1) is 7.29. The van der Waals surface area contributed by atoms with Gasteiger partial charge in [-0.15, -0.1) is 5.10 Å². The zero-order valence-corrected chi connectivity index (χ0v) is 9.18. The third kappa shape index (κ3) is 2.24. The number of carbonyl (C=O) groups is 1. The van der Waals surface area contributed by atoms with Crippen molar-refractivity contribution in [2.45, 2.75) is 0 Å². The predicted molar refractivity (Wildman–Crippen MR) is 58.4 cm³/mol. The summed E-state index contributed by atoms with van der Waals surface area (Å²) in [5, 5.41) is 7.26. The van der Waals surface area contributed by atoms with Gasteiger partial charge in [0.25, 0.3) is 0 Å². The molecule has 4 nitrogen and oxygen atoms in total. The van der Waals surface area contributed by atoms with Crippen LogP contribution in [0, 0.1) is 0 Å². The lowest BCUT2D eigenvalue weighted by molar-refractivity contribution is 0.111. The normalized spacial score (nSPS) is 9.93. The molecule has 0 aliphatic rings.